The minimum absolute atomic E-state index is 0.157. The molecule has 2 aromatic rings. The zero-order valence-corrected chi connectivity index (χ0v) is 13.0. The lowest BCUT2D eigenvalue weighted by Crippen LogP contribution is -2.15. The van der Waals surface area contributed by atoms with Gasteiger partial charge in [0.2, 0.25) is 0 Å². The van der Waals surface area contributed by atoms with Crippen LogP contribution in [0.4, 0.5) is 11.4 Å². The Labute approximate surface area is 129 Å². The van der Waals surface area contributed by atoms with Gasteiger partial charge in [-0.3, -0.25) is 9.89 Å². The number of amides is 1. The Bertz CT molecular complexity index is 643. The number of aromatic nitrogens is 3. The largest absolute Gasteiger partial charge is 0.395 e. The number of aromatic amines is 1. The Morgan fingerprint density at radius 1 is 1.60 bits per heavy atom. The SMILES string of the molecule is CCCc1[nH]nc(C(=O)Nc2cc(Br)cnc2Cl)c1N. The van der Waals surface area contributed by atoms with E-state index in [2.05, 4.69) is 36.4 Å². The molecule has 0 aromatic carbocycles. The molecule has 2 aromatic heterocycles. The summed E-state index contributed by atoms with van der Waals surface area (Å²) >= 11 is 9.18. The maximum Gasteiger partial charge on any atom is 0.278 e. The van der Waals surface area contributed by atoms with Gasteiger partial charge in [0.1, 0.15) is 0 Å². The van der Waals surface area contributed by atoms with Gasteiger partial charge >= 0.3 is 0 Å². The number of rotatable bonds is 4. The van der Waals surface area contributed by atoms with Gasteiger partial charge in [0.25, 0.3) is 5.91 Å². The van der Waals surface area contributed by atoms with E-state index in [0.29, 0.717) is 15.8 Å². The summed E-state index contributed by atoms with van der Waals surface area (Å²) in [6.07, 6.45) is 3.19. The van der Waals surface area contributed by atoms with Gasteiger partial charge in [-0.2, -0.15) is 5.10 Å². The summed E-state index contributed by atoms with van der Waals surface area (Å²) in [6.45, 7) is 2.02. The number of pyridine rings is 1. The van der Waals surface area contributed by atoms with E-state index in [4.69, 9.17) is 17.3 Å². The monoisotopic (exact) mass is 357 g/mol. The minimum atomic E-state index is -0.428. The van der Waals surface area contributed by atoms with Gasteiger partial charge in [0.05, 0.1) is 17.1 Å². The van der Waals surface area contributed by atoms with Crippen molar-refractivity contribution in [2.45, 2.75) is 19.8 Å². The van der Waals surface area contributed by atoms with Crippen molar-refractivity contribution in [2.75, 3.05) is 11.1 Å². The van der Waals surface area contributed by atoms with Crippen LogP contribution in [0.5, 0.6) is 0 Å². The highest BCUT2D eigenvalue weighted by molar-refractivity contribution is 9.10. The van der Waals surface area contributed by atoms with Crippen molar-refractivity contribution in [1.29, 1.82) is 0 Å². The summed E-state index contributed by atoms with van der Waals surface area (Å²) in [5.41, 5.74) is 7.57. The van der Waals surface area contributed by atoms with Gasteiger partial charge in [-0.25, -0.2) is 4.98 Å². The first-order valence-electron chi connectivity index (χ1n) is 5.98. The van der Waals surface area contributed by atoms with Crippen LogP contribution in [-0.2, 0) is 6.42 Å². The van der Waals surface area contributed by atoms with Crippen molar-refractivity contribution in [2.24, 2.45) is 0 Å². The van der Waals surface area contributed by atoms with Crippen molar-refractivity contribution in [3.05, 3.63) is 33.3 Å². The fraction of sp³-hybridized carbons (Fsp3) is 0.250. The highest BCUT2D eigenvalue weighted by atomic mass is 79.9. The number of carbonyl (C=O) groups excluding carboxylic acids is 1. The fourth-order valence-corrected chi connectivity index (χ4v) is 2.17. The van der Waals surface area contributed by atoms with Crippen LogP contribution >= 0.6 is 27.5 Å². The molecule has 0 aliphatic heterocycles. The molecule has 0 saturated heterocycles. The van der Waals surface area contributed by atoms with E-state index in [-0.39, 0.29) is 10.8 Å². The maximum absolute atomic E-state index is 12.1. The Morgan fingerprint density at radius 2 is 2.35 bits per heavy atom. The Hall–Kier alpha value is -1.60. The number of H-pyrrole nitrogens is 1. The first-order chi connectivity index (χ1) is 9.52. The molecule has 2 rings (SSSR count). The Kier molecular flexibility index (Phi) is 4.61. The van der Waals surface area contributed by atoms with Crippen LogP contribution < -0.4 is 11.1 Å². The second-order valence-electron chi connectivity index (χ2n) is 4.16. The number of carbonyl (C=O) groups is 1. The van der Waals surface area contributed by atoms with E-state index in [1.807, 2.05) is 6.92 Å². The molecule has 1 amide bonds. The molecular formula is C12H13BrClN5O. The Morgan fingerprint density at radius 3 is 3.05 bits per heavy atom. The third kappa shape index (κ3) is 3.10. The first-order valence-corrected chi connectivity index (χ1v) is 7.15. The van der Waals surface area contributed by atoms with Crippen LogP contribution in [0.15, 0.2) is 16.7 Å². The molecule has 0 aliphatic rings. The molecule has 0 saturated carbocycles. The molecule has 4 N–H and O–H groups in total. The molecule has 20 heavy (non-hydrogen) atoms. The molecule has 0 atom stereocenters. The molecule has 0 bridgehead atoms. The van der Waals surface area contributed by atoms with Crippen molar-refractivity contribution >= 4 is 44.8 Å². The van der Waals surface area contributed by atoms with Crippen LogP contribution in [0.2, 0.25) is 5.15 Å². The van der Waals surface area contributed by atoms with E-state index in [1.165, 1.54) is 0 Å². The number of nitrogens with two attached hydrogens (primary N) is 1. The van der Waals surface area contributed by atoms with Gasteiger partial charge in [-0.1, -0.05) is 24.9 Å². The molecule has 2 heterocycles. The van der Waals surface area contributed by atoms with Gasteiger partial charge in [-0.05, 0) is 28.4 Å². The summed E-state index contributed by atoms with van der Waals surface area (Å²) in [5, 5.41) is 9.56. The topological polar surface area (TPSA) is 96.7 Å². The molecule has 8 heteroatoms. The summed E-state index contributed by atoms with van der Waals surface area (Å²) in [5.74, 6) is -0.428. The third-order valence-electron chi connectivity index (χ3n) is 2.65. The number of nitrogens with one attached hydrogen (secondary N) is 2. The molecule has 6 nitrogen and oxygen atoms in total. The lowest BCUT2D eigenvalue weighted by molar-refractivity contribution is 0.102. The van der Waals surface area contributed by atoms with Crippen LogP contribution in [-0.4, -0.2) is 21.1 Å². The zero-order chi connectivity index (χ0) is 14.7. The lowest BCUT2D eigenvalue weighted by Gasteiger charge is -2.06. The quantitative estimate of drug-likeness (QED) is 0.732. The van der Waals surface area contributed by atoms with Crippen LogP contribution in [0, 0.1) is 0 Å². The maximum atomic E-state index is 12.1. The normalized spacial score (nSPS) is 10.6. The molecule has 0 radical (unpaired) electrons. The van der Waals surface area contributed by atoms with Crippen LogP contribution in [0.25, 0.3) is 0 Å². The smallest absolute Gasteiger partial charge is 0.278 e. The fourth-order valence-electron chi connectivity index (χ4n) is 1.69. The van der Waals surface area contributed by atoms with E-state index in [9.17, 15) is 4.79 Å². The summed E-state index contributed by atoms with van der Waals surface area (Å²) < 4.78 is 0.707. The van der Waals surface area contributed by atoms with Gasteiger partial charge < -0.3 is 11.1 Å². The van der Waals surface area contributed by atoms with Gasteiger partial charge in [0.15, 0.2) is 10.8 Å². The van der Waals surface area contributed by atoms with E-state index in [0.717, 1.165) is 18.5 Å². The second-order valence-corrected chi connectivity index (χ2v) is 5.43. The molecule has 0 fully saturated rings. The van der Waals surface area contributed by atoms with E-state index < -0.39 is 5.91 Å². The van der Waals surface area contributed by atoms with Crippen LogP contribution in [0.1, 0.15) is 29.5 Å². The number of hydrogen-bond acceptors (Lipinski definition) is 4. The minimum Gasteiger partial charge on any atom is -0.395 e. The van der Waals surface area contributed by atoms with Crippen LogP contribution in [0.3, 0.4) is 0 Å². The number of halogens is 2. The first kappa shape index (κ1) is 14.8. The van der Waals surface area contributed by atoms with Gasteiger partial charge in [0, 0.05) is 10.7 Å². The highest BCUT2D eigenvalue weighted by Crippen LogP contribution is 2.24. The average molecular weight is 359 g/mol. The second kappa shape index (κ2) is 6.23. The molecule has 0 aliphatic carbocycles. The molecular weight excluding hydrogens is 346 g/mol. The van der Waals surface area contributed by atoms with Crippen molar-refractivity contribution < 1.29 is 4.79 Å². The summed E-state index contributed by atoms with van der Waals surface area (Å²) in [7, 11) is 0. The number of nitrogens with zero attached hydrogens (tertiary/aromatic N) is 2. The van der Waals surface area contributed by atoms with E-state index >= 15 is 0 Å². The highest BCUT2D eigenvalue weighted by Gasteiger charge is 2.18. The van der Waals surface area contributed by atoms with E-state index in [1.54, 1.807) is 12.3 Å². The predicted molar refractivity (Wildman–Crippen MR) is 81.9 cm³/mol. The predicted octanol–water partition coefficient (Wildman–Crippen LogP) is 3.01. The molecule has 0 unspecified atom stereocenters. The zero-order valence-electron chi connectivity index (χ0n) is 10.7. The lowest BCUT2D eigenvalue weighted by atomic mass is 10.2. The Balaban J connectivity index is 2.22. The average Bonchev–Trinajstić information content (AvgIpc) is 2.76. The number of aryl methyl sites for hydroxylation is 1. The van der Waals surface area contributed by atoms with Gasteiger partial charge in [-0.15, -0.1) is 0 Å². The van der Waals surface area contributed by atoms with Crippen molar-refractivity contribution in [1.82, 2.24) is 15.2 Å². The van der Waals surface area contributed by atoms with Crippen molar-refractivity contribution in [3.8, 4) is 0 Å². The number of hydrogen-bond donors (Lipinski definition) is 3. The number of nitrogen functional groups attached to an aromatic ring is 1. The standard InChI is InChI=1S/C12H13BrClN5O/c1-2-3-7-9(15)10(19-18-7)12(20)17-8-4-6(13)5-16-11(8)14/h4-5H,2-3,15H2,1H3,(H,17,20)(H,18,19). The third-order valence-corrected chi connectivity index (χ3v) is 3.39. The molecule has 106 valence electrons. The van der Waals surface area contributed by atoms with Crippen molar-refractivity contribution in [3.63, 3.8) is 0 Å². The number of anilines is 2. The molecule has 0 spiro atoms. The summed E-state index contributed by atoms with van der Waals surface area (Å²) in [6, 6.07) is 1.66. The summed E-state index contributed by atoms with van der Waals surface area (Å²) in [4.78, 5) is 16.1.